The first-order valence-electron chi connectivity index (χ1n) is 5.59. The third-order valence-electron chi connectivity index (χ3n) is 3.00. The molecule has 3 aromatic rings. The van der Waals surface area contributed by atoms with E-state index in [0.717, 1.165) is 22.0 Å². The van der Waals surface area contributed by atoms with E-state index < -0.39 is 0 Å². The van der Waals surface area contributed by atoms with Gasteiger partial charge in [-0.25, -0.2) is 0 Å². The molecule has 0 aliphatic heterocycles. The molecule has 0 fully saturated rings. The summed E-state index contributed by atoms with van der Waals surface area (Å²) in [5, 5.41) is 9.52. The second kappa shape index (κ2) is 4.63. The number of aromatic nitrogens is 2. The summed E-state index contributed by atoms with van der Waals surface area (Å²) < 4.78 is 0. The molecule has 2 nitrogen and oxygen atoms in total. The Labute approximate surface area is 115 Å². The van der Waals surface area contributed by atoms with Crippen LogP contribution in [0.4, 0.5) is 0 Å². The van der Waals surface area contributed by atoms with E-state index >= 15 is 0 Å². The van der Waals surface area contributed by atoms with Crippen molar-refractivity contribution in [2.24, 2.45) is 0 Å². The van der Waals surface area contributed by atoms with E-state index in [1.807, 2.05) is 36.5 Å². The van der Waals surface area contributed by atoms with Crippen molar-refractivity contribution in [1.82, 2.24) is 10.2 Å². The minimum absolute atomic E-state index is 0.697. The minimum Gasteiger partial charge on any atom is -0.278 e. The first-order valence-corrected chi connectivity index (χ1v) is 6.35. The van der Waals surface area contributed by atoms with Crippen molar-refractivity contribution in [1.29, 1.82) is 0 Å². The Bertz CT molecular complexity index is 684. The fourth-order valence-corrected chi connectivity index (χ4v) is 2.61. The Morgan fingerprint density at radius 1 is 1.00 bits per heavy atom. The van der Waals surface area contributed by atoms with Crippen LogP contribution in [0.15, 0.2) is 42.6 Å². The molecule has 0 atom stereocenters. The summed E-state index contributed by atoms with van der Waals surface area (Å²) >= 11 is 12.4. The van der Waals surface area contributed by atoms with Gasteiger partial charge in [0.25, 0.3) is 0 Å². The van der Waals surface area contributed by atoms with Crippen molar-refractivity contribution in [3.63, 3.8) is 0 Å². The van der Waals surface area contributed by atoms with Gasteiger partial charge in [-0.3, -0.25) is 5.10 Å². The van der Waals surface area contributed by atoms with Crippen LogP contribution in [0, 0.1) is 0 Å². The maximum Gasteiger partial charge on any atom is 0.0653 e. The highest BCUT2D eigenvalue weighted by Gasteiger charge is 2.09. The second-order valence-corrected chi connectivity index (χ2v) is 4.94. The van der Waals surface area contributed by atoms with Crippen molar-refractivity contribution in [3.05, 3.63) is 63.8 Å². The number of aromatic amines is 1. The number of hydrogen-bond acceptors (Lipinski definition) is 1. The summed E-state index contributed by atoms with van der Waals surface area (Å²) in [6.07, 6.45) is 2.53. The van der Waals surface area contributed by atoms with E-state index in [0.29, 0.717) is 16.5 Å². The number of rotatable bonds is 2. The molecule has 1 N–H and O–H groups in total. The Balaban J connectivity index is 2.09. The molecule has 0 unspecified atom stereocenters. The summed E-state index contributed by atoms with van der Waals surface area (Å²) in [6.45, 7) is 0. The first kappa shape index (κ1) is 11.6. The zero-order valence-corrected chi connectivity index (χ0v) is 11.0. The fourth-order valence-electron chi connectivity index (χ4n) is 2.08. The van der Waals surface area contributed by atoms with Gasteiger partial charge in [-0.2, -0.15) is 5.10 Å². The van der Waals surface area contributed by atoms with E-state index in [9.17, 15) is 0 Å². The molecule has 90 valence electrons. The monoisotopic (exact) mass is 276 g/mol. The average Bonchev–Trinajstić information content (AvgIpc) is 2.83. The molecule has 4 heteroatoms. The van der Waals surface area contributed by atoms with Gasteiger partial charge in [0.2, 0.25) is 0 Å². The van der Waals surface area contributed by atoms with Crippen LogP contribution in [0.1, 0.15) is 11.1 Å². The van der Waals surface area contributed by atoms with Crippen LogP contribution in [0.5, 0.6) is 0 Å². The zero-order valence-electron chi connectivity index (χ0n) is 9.45. The Kier molecular flexibility index (Phi) is 2.98. The van der Waals surface area contributed by atoms with Crippen LogP contribution >= 0.6 is 23.2 Å². The predicted octanol–water partition coefficient (Wildman–Crippen LogP) is 4.46. The van der Waals surface area contributed by atoms with Crippen LogP contribution in [0.25, 0.3) is 10.9 Å². The Hall–Kier alpha value is -1.51. The molecule has 0 radical (unpaired) electrons. The number of nitrogens with one attached hydrogen (secondary N) is 1. The summed E-state index contributed by atoms with van der Waals surface area (Å²) in [5.41, 5.74) is 3.14. The second-order valence-electron chi connectivity index (χ2n) is 4.13. The molecule has 0 aliphatic carbocycles. The number of benzene rings is 2. The number of halogens is 2. The molecule has 18 heavy (non-hydrogen) atoms. The number of nitrogens with zero attached hydrogens (tertiary/aromatic N) is 1. The molecule has 0 saturated carbocycles. The smallest absolute Gasteiger partial charge is 0.0653 e. The van der Waals surface area contributed by atoms with Crippen molar-refractivity contribution in [2.45, 2.75) is 6.42 Å². The van der Waals surface area contributed by atoms with Crippen LogP contribution in [-0.4, -0.2) is 10.2 Å². The van der Waals surface area contributed by atoms with Crippen molar-refractivity contribution >= 4 is 34.1 Å². The summed E-state index contributed by atoms with van der Waals surface area (Å²) in [6, 6.07) is 11.6. The average molecular weight is 277 g/mol. The predicted molar refractivity (Wildman–Crippen MR) is 75.4 cm³/mol. The highest BCUT2D eigenvalue weighted by Crippen LogP contribution is 2.28. The molecule has 1 heterocycles. The van der Waals surface area contributed by atoms with Crippen LogP contribution in [0.3, 0.4) is 0 Å². The van der Waals surface area contributed by atoms with Crippen LogP contribution < -0.4 is 0 Å². The van der Waals surface area contributed by atoms with Gasteiger partial charge in [0.05, 0.1) is 11.7 Å². The fraction of sp³-hybridized carbons (Fsp3) is 0.0714. The van der Waals surface area contributed by atoms with E-state index in [1.165, 1.54) is 0 Å². The quantitative estimate of drug-likeness (QED) is 0.736. The molecule has 3 rings (SSSR count). The van der Waals surface area contributed by atoms with Gasteiger partial charge >= 0.3 is 0 Å². The topological polar surface area (TPSA) is 28.7 Å². The third kappa shape index (κ3) is 1.98. The molecule has 0 amide bonds. The lowest BCUT2D eigenvalue weighted by molar-refractivity contribution is 1.12. The van der Waals surface area contributed by atoms with Gasteiger partial charge < -0.3 is 0 Å². The molecule has 0 saturated heterocycles. The lowest BCUT2D eigenvalue weighted by Crippen LogP contribution is -1.91. The zero-order chi connectivity index (χ0) is 12.5. The number of H-pyrrole nitrogens is 1. The van der Waals surface area contributed by atoms with Crippen molar-refractivity contribution in [2.75, 3.05) is 0 Å². The van der Waals surface area contributed by atoms with E-state index in [-0.39, 0.29) is 0 Å². The third-order valence-corrected chi connectivity index (χ3v) is 3.71. The molecule has 2 aromatic carbocycles. The van der Waals surface area contributed by atoms with Crippen LogP contribution in [0.2, 0.25) is 10.0 Å². The molecular formula is C14H10Cl2N2. The standard InChI is InChI=1S/C14H10Cl2N2/c15-12-4-2-5-13(16)10(12)7-9-3-1-6-14-11(9)8-17-18-14/h1-6,8H,7H2,(H,17,18). The van der Waals surface area contributed by atoms with E-state index in [1.54, 1.807) is 0 Å². The number of hydrogen-bond donors (Lipinski definition) is 1. The van der Waals surface area contributed by atoms with Gasteiger partial charge in [0, 0.05) is 21.9 Å². The molecule has 0 aliphatic rings. The lowest BCUT2D eigenvalue weighted by Gasteiger charge is -2.07. The normalized spacial score (nSPS) is 11.0. The minimum atomic E-state index is 0.697. The maximum atomic E-state index is 6.20. The molecule has 0 spiro atoms. The highest BCUT2D eigenvalue weighted by molar-refractivity contribution is 6.36. The van der Waals surface area contributed by atoms with Gasteiger partial charge in [0.15, 0.2) is 0 Å². The van der Waals surface area contributed by atoms with Crippen molar-refractivity contribution in [3.8, 4) is 0 Å². The lowest BCUT2D eigenvalue weighted by atomic mass is 10.0. The highest BCUT2D eigenvalue weighted by atomic mass is 35.5. The Morgan fingerprint density at radius 3 is 2.50 bits per heavy atom. The summed E-state index contributed by atoms with van der Waals surface area (Å²) in [5.74, 6) is 0. The molecule has 1 aromatic heterocycles. The maximum absolute atomic E-state index is 6.20. The van der Waals surface area contributed by atoms with Crippen LogP contribution in [-0.2, 0) is 6.42 Å². The Morgan fingerprint density at radius 2 is 1.72 bits per heavy atom. The summed E-state index contributed by atoms with van der Waals surface area (Å²) in [4.78, 5) is 0. The largest absolute Gasteiger partial charge is 0.278 e. The SMILES string of the molecule is Clc1cccc(Cl)c1Cc1cccc2[nH]ncc12. The van der Waals surface area contributed by atoms with E-state index in [2.05, 4.69) is 16.3 Å². The van der Waals surface area contributed by atoms with Gasteiger partial charge in [0.1, 0.15) is 0 Å². The van der Waals surface area contributed by atoms with Gasteiger partial charge in [-0.15, -0.1) is 0 Å². The first-order chi connectivity index (χ1) is 8.75. The molecular weight excluding hydrogens is 267 g/mol. The summed E-state index contributed by atoms with van der Waals surface area (Å²) in [7, 11) is 0. The molecule has 0 bridgehead atoms. The number of fused-ring (bicyclic) bond motifs is 1. The van der Waals surface area contributed by atoms with E-state index in [4.69, 9.17) is 23.2 Å². The van der Waals surface area contributed by atoms with Gasteiger partial charge in [-0.05, 0) is 29.3 Å². The van der Waals surface area contributed by atoms with Crippen molar-refractivity contribution < 1.29 is 0 Å². The van der Waals surface area contributed by atoms with Gasteiger partial charge in [-0.1, -0.05) is 41.4 Å².